The fraction of sp³-hybridized carbons (Fsp3) is 0.533. The summed E-state index contributed by atoms with van der Waals surface area (Å²) in [5.41, 5.74) is 7.98. The summed E-state index contributed by atoms with van der Waals surface area (Å²) in [4.78, 5) is 11.9. The van der Waals surface area contributed by atoms with Gasteiger partial charge >= 0.3 is 0 Å². The maximum absolute atomic E-state index is 11.9. The van der Waals surface area contributed by atoms with E-state index in [4.69, 9.17) is 5.73 Å². The molecule has 0 fully saturated rings. The zero-order valence-corrected chi connectivity index (χ0v) is 11.6. The third-order valence-electron chi connectivity index (χ3n) is 3.44. The summed E-state index contributed by atoms with van der Waals surface area (Å²) in [6, 6.07) is 7.21. The summed E-state index contributed by atoms with van der Waals surface area (Å²) in [5.74, 6) is 0.449. The van der Waals surface area contributed by atoms with Crippen molar-refractivity contribution in [3.8, 4) is 0 Å². The zero-order valence-electron chi connectivity index (χ0n) is 11.6. The minimum absolute atomic E-state index is 0.0919. The van der Waals surface area contributed by atoms with Gasteiger partial charge in [-0.05, 0) is 18.4 Å². The Morgan fingerprint density at radius 3 is 2.28 bits per heavy atom. The smallest absolute Gasteiger partial charge is 0.241 e. The zero-order chi connectivity index (χ0) is 13.5. The molecule has 1 unspecified atom stereocenters. The highest BCUT2D eigenvalue weighted by Crippen LogP contribution is 2.12. The van der Waals surface area contributed by atoms with Crippen LogP contribution in [0, 0.1) is 12.8 Å². The van der Waals surface area contributed by atoms with Gasteiger partial charge in [0.1, 0.15) is 6.04 Å². The monoisotopic (exact) mass is 248 g/mol. The molecule has 0 spiro atoms. The fourth-order valence-corrected chi connectivity index (χ4v) is 1.86. The van der Waals surface area contributed by atoms with Crippen molar-refractivity contribution in [2.45, 2.75) is 39.7 Å². The molecule has 1 amide bonds. The van der Waals surface area contributed by atoms with Crippen LogP contribution in [0.4, 0.5) is 0 Å². The highest BCUT2D eigenvalue weighted by Gasteiger charge is 2.16. The Hall–Kier alpha value is -1.35. The quantitative estimate of drug-likeness (QED) is 0.813. The van der Waals surface area contributed by atoms with E-state index < -0.39 is 6.04 Å². The Kier molecular flexibility index (Phi) is 5.86. The van der Waals surface area contributed by atoms with Crippen LogP contribution in [0.25, 0.3) is 0 Å². The summed E-state index contributed by atoms with van der Waals surface area (Å²) in [5, 5.41) is 2.93. The normalized spacial score (nSPS) is 12.5. The van der Waals surface area contributed by atoms with Gasteiger partial charge in [0.15, 0.2) is 0 Å². The van der Waals surface area contributed by atoms with E-state index in [1.54, 1.807) is 0 Å². The molecule has 18 heavy (non-hydrogen) atoms. The second-order valence-corrected chi connectivity index (χ2v) is 4.82. The summed E-state index contributed by atoms with van der Waals surface area (Å²) in [6.07, 6.45) is 2.16. The molecular formula is C15H24N2O. The molecule has 0 heterocycles. The van der Waals surface area contributed by atoms with Crippen LogP contribution in [0.1, 0.15) is 43.9 Å². The largest absolute Gasteiger partial charge is 0.354 e. The van der Waals surface area contributed by atoms with Gasteiger partial charge in [0.05, 0.1) is 0 Å². The lowest BCUT2D eigenvalue weighted by atomic mass is 10.0. The lowest BCUT2D eigenvalue weighted by Crippen LogP contribution is -2.36. The molecule has 0 aliphatic heterocycles. The van der Waals surface area contributed by atoms with Gasteiger partial charge in [-0.1, -0.05) is 56.5 Å². The molecule has 100 valence electrons. The van der Waals surface area contributed by atoms with E-state index in [1.807, 2.05) is 31.2 Å². The Bertz CT molecular complexity index is 369. The Morgan fingerprint density at radius 1 is 1.22 bits per heavy atom. The first-order valence-corrected chi connectivity index (χ1v) is 6.68. The molecule has 0 aromatic heterocycles. The van der Waals surface area contributed by atoms with Gasteiger partial charge in [0.25, 0.3) is 0 Å². The average Bonchev–Trinajstić information content (AvgIpc) is 2.39. The summed E-state index contributed by atoms with van der Waals surface area (Å²) >= 11 is 0. The predicted octanol–water partition coefficient (Wildman–Crippen LogP) is 2.55. The van der Waals surface area contributed by atoms with Crippen LogP contribution in [-0.2, 0) is 4.79 Å². The minimum atomic E-state index is -0.569. The first kappa shape index (κ1) is 14.7. The van der Waals surface area contributed by atoms with Crippen LogP contribution in [-0.4, -0.2) is 12.5 Å². The molecule has 0 bridgehead atoms. The molecule has 1 atom stereocenters. The summed E-state index contributed by atoms with van der Waals surface area (Å²) < 4.78 is 0. The van der Waals surface area contributed by atoms with Crippen molar-refractivity contribution in [3.05, 3.63) is 35.4 Å². The molecule has 1 aromatic rings. The minimum Gasteiger partial charge on any atom is -0.354 e. The number of hydrogen-bond donors (Lipinski definition) is 2. The topological polar surface area (TPSA) is 55.1 Å². The average molecular weight is 248 g/mol. The Balaban J connectivity index is 2.53. The lowest BCUT2D eigenvalue weighted by molar-refractivity contribution is -0.122. The van der Waals surface area contributed by atoms with Crippen LogP contribution in [0.3, 0.4) is 0 Å². The van der Waals surface area contributed by atoms with E-state index >= 15 is 0 Å². The highest BCUT2D eigenvalue weighted by molar-refractivity contribution is 5.82. The number of benzene rings is 1. The van der Waals surface area contributed by atoms with E-state index in [0.717, 1.165) is 18.4 Å². The molecule has 3 nitrogen and oxygen atoms in total. The number of rotatable bonds is 6. The predicted molar refractivity (Wildman–Crippen MR) is 75.2 cm³/mol. The SMILES string of the molecule is CCC(CC)CNC(=O)C(N)c1ccc(C)cc1. The molecule has 0 saturated carbocycles. The van der Waals surface area contributed by atoms with E-state index in [-0.39, 0.29) is 5.91 Å². The number of aryl methyl sites for hydroxylation is 1. The summed E-state index contributed by atoms with van der Waals surface area (Å²) in [6.45, 7) is 7.01. The van der Waals surface area contributed by atoms with E-state index in [9.17, 15) is 4.79 Å². The molecule has 1 aromatic carbocycles. The molecule has 1 rings (SSSR count). The number of carbonyl (C=O) groups excluding carboxylic acids is 1. The molecule has 0 aliphatic carbocycles. The second kappa shape index (κ2) is 7.17. The van der Waals surface area contributed by atoms with Crippen molar-refractivity contribution in [1.29, 1.82) is 0 Å². The third-order valence-corrected chi connectivity index (χ3v) is 3.44. The van der Waals surface area contributed by atoms with Crippen LogP contribution >= 0.6 is 0 Å². The lowest BCUT2D eigenvalue weighted by Gasteiger charge is -2.16. The van der Waals surface area contributed by atoms with Gasteiger partial charge in [0.2, 0.25) is 5.91 Å². The molecule has 0 radical (unpaired) electrons. The standard InChI is InChI=1S/C15H24N2O/c1-4-12(5-2)10-17-15(18)14(16)13-8-6-11(3)7-9-13/h6-9,12,14H,4-5,10,16H2,1-3H3,(H,17,18). The van der Waals surface area contributed by atoms with Crippen LogP contribution in [0.5, 0.6) is 0 Å². The molecular weight excluding hydrogens is 224 g/mol. The van der Waals surface area contributed by atoms with Crippen LogP contribution < -0.4 is 11.1 Å². The third kappa shape index (κ3) is 4.15. The maximum atomic E-state index is 11.9. The highest BCUT2D eigenvalue weighted by atomic mass is 16.2. The molecule has 0 saturated heterocycles. The first-order valence-electron chi connectivity index (χ1n) is 6.68. The van der Waals surface area contributed by atoms with E-state index in [1.165, 1.54) is 5.56 Å². The van der Waals surface area contributed by atoms with Gasteiger partial charge in [-0.2, -0.15) is 0 Å². The number of carbonyl (C=O) groups is 1. The van der Waals surface area contributed by atoms with Gasteiger partial charge in [-0.25, -0.2) is 0 Å². The van der Waals surface area contributed by atoms with Crippen molar-refractivity contribution in [2.75, 3.05) is 6.54 Å². The first-order chi connectivity index (χ1) is 8.58. The number of nitrogens with two attached hydrogens (primary N) is 1. The Morgan fingerprint density at radius 2 is 1.78 bits per heavy atom. The van der Waals surface area contributed by atoms with Gasteiger partial charge in [-0.15, -0.1) is 0 Å². The van der Waals surface area contributed by atoms with Gasteiger partial charge in [-0.3, -0.25) is 4.79 Å². The number of hydrogen-bond acceptors (Lipinski definition) is 2. The fourth-order valence-electron chi connectivity index (χ4n) is 1.86. The second-order valence-electron chi connectivity index (χ2n) is 4.82. The van der Waals surface area contributed by atoms with Crippen molar-refractivity contribution in [3.63, 3.8) is 0 Å². The van der Waals surface area contributed by atoms with Crippen molar-refractivity contribution < 1.29 is 4.79 Å². The number of amides is 1. The molecule has 3 N–H and O–H groups in total. The maximum Gasteiger partial charge on any atom is 0.241 e. The molecule has 0 aliphatic rings. The number of nitrogens with one attached hydrogen (secondary N) is 1. The summed E-state index contributed by atoms with van der Waals surface area (Å²) in [7, 11) is 0. The van der Waals surface area contributed by atoms with Crippen molar-refractivity contribution >= 4 is 5.91 Å². The van der Waals surface area contributed by atoms with Crippen LogP contribution in [0.2, 0.25) is 0 Å². The Labute approximate surface area is 110 Å². The molecule has 3 heteroatoms. The van der Waals surface area contributed by atoms with E-state index in [2.05, 4.69) is 19.2 Å². The van der Waals surface area contributed by atoms with Crippen molar-refractivity contribution in [2.24, 2.45) is 11.7 Å². The van der Waals surface area contributed by atoms with Crippen molar-refractivity contribution in [1.82, 2.24) is 5.32 Å². The van der Waals surface area contributed by atoms with Gasteiger partial charge in [0, 0.05) is 6.54 Å². The van der Waals surface area contributed by atoms with Crippen LogP contribution in [0.15, 0.2) is 24.3 Å². The van der Waals surface area contributed by atoms with Gasteiger partial charge < -0.3 is 11.1 Å². The van der Waals surface area contributed by atoms with E-state index in [0.29, 0.717) is 12.5 Å².